The maximum Gasteiger partial charge on any atom is 0.0998 e. The van der Waals surface area contributed by atoms with Gasteiger partial charge in [-0.2, -0.15) is 5.26 Å². The first-order chi connectivity index (χ1) is 7.70. The van der Waals surface area contributed by atoms with E-state index in [1.165, 1.54) is 0 Å². The lowest BCUT2D eigenvalue weighted by Crippen LogP contribution is -1.89. The predicted molar refractivity (Wildman–Crippen MR) is 66.0 cm³/mol. The average molecular weight is 229 g/mol. The molecule has 0 fully saturated rings. The van der Waals surface area contributed by atoms with Crippen molar-refractivity contribution in [2.75, 3.05) is 5.73 Å². The van der Waals surface area contributed by atoms with Crippen LogP contribution in [0, 0.1) is 11.3 Å². The summed E-state index contributed by atoms with van der Waals surface area (Å²) < 4.78 is 0. The lowest BCUT2D eigenvalue weighted by molar-refractivity contribution is 1.48. The van der Waals surface area contributed by atoms with Crippen LogP contribution in [0.3, 0.4) is 0 Å². The first-order valence-electron chi connectivity index (χ1n) is 4.76. The molecule has 2 aromatic rings. The number of nitrogen functional groups attached to an aromatic ring is 1. The summed E-state index contributed by atoms with van der Waals surface area (Å²) in [5.41, 5.74) is 8.54. The molecule has 2 N–H and O–H groups in total. The molecule has 2 aromatic carbocycles. The largest absolute Gasteiger partial charge is 0.399 e. The highest BCUT2D eigenvalue weighted by Gasteiger charge is 2.05. The third-order valence-electron chi connectivity index (χ3n) is 2.30. The minimum absolute atomic E-state index is 0.558. The number of nitriles is 1. The molecule has 0 unspecified atom stereocenters. The molecule has 0 heterocycles. The molecule has 2 rings (SSSR count). The molecule has 0 radical (unpaired) electrons. The lowest BCUT2D eigenvalue weighted by atomic mass is 10.00. The van der Waals surface area contributed by atoms with Crippen molar-refractivity contribution in [2.45, 2.75) is 0 Å². The van der Waals surface area contributed by atoms with Gasteiger partial charge in [0.25, 0.3) is 0 Å². The van der Waals surface area contributed by atoms with E-state index >= 15 is 0 Å². The molecule has 0 atom stereocenters. The van der Waals surface area contributed by atoms with Gasteiger partial charge in [0, 0.05) is 10.7 Å². The van der Waals surface area contributed by atoms with Gasteiger partial charge in [0.2, 0.25) is 0 Å². The summed E-state index contributed by atoms with van der Waals surface area (Å²) in [4.78, 5) is 0. The quantitative estimate of drug-likeness (QED) is 0.760. The van der Waals surface area contributed by atoms with E-state index in [0.717, 1.165) is 11.1 Å². The van der Waals surface area contributed by atoms with Crippen LogP contribution in [0.15, 0.2) is 42.5 Å². The second-order valence-electron chi connectivity index (χ2n) is 3.43. The van der Waals surface area contributed by atoms with Crippen LogP contribution >= 0.6 is 11.6 Å². The van der Waals surface area contributed by atoms with Crippen molar-refractivity contribution < 1.29 is 0 Å². The second-order valence-corrected chi connectivity index (χ2v) is 3.86. The van der Waals surface area contributed by atoms with E-state index in [9.17, 15) is 0 Å². The summed E-state index contributed by atoms with van der Waals surface area (Å²) in [6.07, 6.45) is 0. The Kier molecular flexibility index (Phi) is 2.80. The number of anilines is 1. The van der Waals surface area contributed by atoms with E-state index < -0.39 is 0 Å². The fourth-order valence-corrected chi connectivity index (χ4v) is 1.75. The molecule has 0 saturated heterocycles. The Bertz CT molecular complexity index is 570. The number of rotatable bonds is 1. The van der Waals surface area contributed by atoms with Crippen LogP contribution in [-0.4, -0.2) is 0 Å². The first kappa shape index (κ1) is 10.5. The Morgan fingerprint density at radius 2 is 1.94 bits per heavy atom. The number of benzene rings is 2. The SMILES string of the molecule is N#Cc1cc(N)ccc1-c1cccc(Cl)c1. The molecular weight excluding hydrogens is 220 g/mol. The van der Waals surface area contributed by atoms with E-state index in [2.05, 4.69) is 6.07 Å². The van der Waals surface area contributed by atoms with E-state index in [0.29, 0.717) is 16.3 Å². The number of hydrogen-bond acceptors (Lipinski definition) is 2. The van der Waals surface area contributed by atoms with E-state index in [-0.39, 0.29) is 0 Å². The summed E-state index contributed by atoms with van der Waals surface area (Å²) in [7, 11) is 0. The van der Waals surface area contributed by atoms with Crippen molar-refractivity contribution in [2.24, 2.45) is 0 Å². The van der Waals surface area contributed by atoms with Crippen molar-refractivity contribution in [3.8, 4) is 17.2 Å². The fraction of sp³-hybridized carbons (Fsp3) is 0. The van der Waals surface area contributed by atoms with Crippen molar-refractivity contribution in [1.82, 2.24) is 0 Å². The molecule has 16 heavy (non-hydrogen) atoms. The second kappa shape index (κ2) is 4.26. The maximum absolute atomic E-state index is 9.03. The summed E-state index contributed by atoms with van der Waals surface area (Å²) in [5, 5.41) is 9.69. The molecule has 0 aliphatic rings. The number of nitrogens with zero attached hydrogens (tertiary/aromatic N) is 1. The fourth-order valence-electron chi connectivity index (χ4n) is 1.56. The standard InChI is InChI=1S/C13H9ClN2/c14-11-3-1-2-9(6-11)13-5-4-12(16)7-10(13)8-15/h1-7H,16H2. The highest BCUT2D eigenvalue weighted by Crippen LogP contribution is 2.27. The average Bonchev–Trinajstić information content (AvgIpc) is 2.28. The van der Waals surface area contributed by atoms with Gasteiger partial charge in [-0.1, -0.05) is 29.8 Å². The molecule has 78 valence electrons. The van der Waals surface area contributed by atoms with Crippen molar-refractivity contribution >= 4 is 17.3 Å². The van der Waals surface area contributed by atoms with Crippen molar-refractivity contribution in [3.05, 3.63) is 53.1 Å². The molecule has 2 nitrogen and oxygen atoms in total. The lowest BCUT2D eigenvalue weighted by Gasteiger charge is -2.05. The Balaban J connectivity index is 2.61. The third-order valence-corrected chi connectivity index (χ3v) is 2.53. The van der Waals surface area contributed by atoms with Crippen LogP contribution in [-0.2, 0) is 0 Å². The van der Waals surface area contributed by atoms with Gasteiger partial charge in [0.05, 0.1) is 11.6 Å². The molecule has 0 saturated carbocycles. The van der Waals surface area contributed by atoms with Gasteiger partial charge in [-0.15, -0.1) is 0 Å². The first-order valence-corrected chi connectivity index (χ1v) is 5.14. The molecule has 0 amide bonds. The van der Waals surface area contributed by atoms with Gasteiger partial charge >= 0.3 is 0 Å². The van der Waals surface area contributed by atoms with Crippen LogP contribution in [0.1, 0.15) is 5.56 Å². The summed E-state index contributed by atoms with van der Waals surface area (Å²) >= 11 is 5.91. The van der Waals surface area contributed by atoms with Crippen LogP contribution < -0.4 is 5.73 Å². The van der Waals surface area contributed by atoms with Crippen LogP contribution in [0.5, 0.6) is 0 Å². The highest BCUT2D eigenvalue weighted by atomic mass is 35.5. The predicted octanol–water partition coefficient (Wildman–Crippen LogP) is 3.46. The van der Waals surface area contributed by atoms with Gasteiger partial charge in [0.15, 0.2) is 0 Å². The molecular formula is C13H9ClN2. The smallest absolute Gasteiger partial charge is 0.0998 e. The number of halogens is 1. The Labute approximate surface area is 98.9 Å². The van der Waals surface area contributed by atoms with Gasteiger partial charge in [-0.3, -0.25) is 0 Å². The van der Waals surface area contributed by atoms with Crippen molar-refractivity contribution in [1.29, 1.82) is 5.26 Å². The maximum atomic E-state index is 9.03. The van der Waals surface area contributed by atoms with Gasteiger partial charge in [-0.25, -0.2) is 0 Å². The molecule has 0 spiro atoms. The monoisotopic (exact) mass is 228 g/mol. The van der Waals surface area contributed by atoms with E-state index in [4.69, 9.17) is 22.6 Å². The highest BCUT2D eigenvalue weighted by molar-refractivity contribution is 6.30. The molecule has 0 aliphatic heterocycles. The zero-order valence-electron chi connectivity index (χ0n) is 8.44. The topological polar surface area (TPSA) is 49.8 Å². The van der Waals surface area contributed by atoms with E-state index in [1.54, 1.807) is 18.2 Å². The van der Waals surface area contributed by atoms with Crippen molar-refractivity contribution in [3.63, 3.8) is 0 Å². The van der Waals surface area contributed by atoms with Crippen LogP contribution in [0.25, 0.3) is 11.1 Å². The summed E-state index contributed by atoms with van der Waals surface area (Å²) in [6.45, 7) is 0. The van der Waals surface area contributed by atoms with Gasteiger partial charge in [-0.05, 0) is 35.4 Å². The zero-order chi connectivity index (χ0) is 11.5. The summed E-state index contributed by atoms with van der Waals surface area (Å²) in [5.74, 6) is 0. The molecule has 0 aliphatic carbocycles. The third kappa shape index (κ3) is 2.00. The van der Waals surface area contributed by atoms with Gasteiger partial charge < -0.3 is 5.73 Å². The Morgan fingerprint density at radius 3 is 2.62 bits per heavy atom. The number of nitrogens with two attached hydrogens (primary N) is 1. The Hall–Kier alpha value is -1.98. The zero-order valence-corrected chi connectivity index (χ0v) is 9.20. The van der Waals surface area contributed by atoms with Gasteiger partial charge in [0.1, 0.15) is 0 Å². The van der Waals surface area contributed by atoms with Crippen LogP contribution in [0.4, 0.5) is 5.69 Å². The number of hydrogen-bond donors (Lipinski definition) is 1. The summed E-state index contributed by atoms with van der Waals surface area (Å²) in [6, 6.07) is 14.8. The minimum atomic E-state index is 0.558. The minimum Gasteiger partial charge on any atom is -0.399 e. The van der Waals surface area contributed by atoms with E-state index in [1.807, 2.05) is 24.3 Å². The Morgan fingerprint density at radius 1 is 1.12 bits per heavy atom. The normalized spacial score (nSPS) is 9.75. The van der Waals surface area contributed by atoms with Crippen LogP contribution in [0.2, 0.25) is 5.02 Å². The molecule has 0 bridgehead atoms. The molecule has 3 heteroatoms. The molecule has 0 aromatic heterocycles.